The number of aliphatic hydroxyl groups excluding tert-OH is 2. The van der Waals surface area contributed by atoms with Gasteiger partial charge in [0.25, 0.3) is 0 Å². The van der Waals surface area contributed by atoms with E-state index in [-0.39, 0.29) is 12.2 Å². The van der Waals surface area contributed by atoms with Gasteiger partial charge in [0.2, 0.25) is 0 Å². The molecule has 0 spiro atoms. The Bertz CT molecular complexity index is 786. The van der Waals surface area contributed by atoms with Gasteiger partial charge in [-0.15, -0.1) is 0 Å². The molecule has 0 saturated carbocycles. The van der Waals surface area contributed by atoms with Crippen LogP contribution in [0.25, 0.3) is 0 Å². The smallest absolute Gasteiger partial charge is 0.174 e. The molecule has 0 aromatic carbocycles. The summed E-state index contributed by atoms with van der Waals surface area (Å²) in [6.45, 7) is 6.82. The van der Waals surface area contributed by atoms with Crippen LogP contribution in [0.5, 0.6) is 0 Å². The lowest BCUT2D eigenvalue weighted by molar-refractivity contribution is -0.174. The maximum Gasteiger partial charge on any atom is 0.174 e. The van der Waals surface area contributed by atoms with Crippen molar-refractivity contribution in [2.45, 2.75) is 321 Å². The summed E-state index contributed by atoms with van der Waals surface area (Å²) in [6.07, 6.45) is 54.2. The van der Waals surface area contributed by atoms with E-state index in [4.69, 9.17) is 0 Å². The minimum Gasteiger partial charge on any atom is -0.390 e. The minimum absolute atomic E-state index is 0.236. The maximum absolute atomic E-state index is 13.6. The van der Waals surface area contributed by atoms with Gasteiger partial charge in [-0.2, -0.15) is 0 Å². The first kappa shape index (κ1) is 56.3. The number of carbonyl (C=O) groups excluding carboxylic acids is 1. The summed E-state index contributed by atoms with van der Waals surface area (Å²) in [5.74, 6) is -0.351. The molecule has 2 atom stereocenters. The SMILES string of the molecule is CCCCCCCC/C=C\CCCCCCCC(=O)C(O)(C(O)CCCCCCCCCCCCCCCC)C(O)CCCCCCCCCCCCCCCC. The Hall–Kier alpha value is -0.710. The van der Waals surface area contributed by atoms with E-state index in [2.05, 4.69) is 32.9 Å². The van der Waals surface area contributed by atoms with Gasteiger partial charge < -0.3 is 15.3 Å². The molecule has 340 valence electrons. The average molecular weight is 805 g/mol. The van der Waals surface area contributed by atoms with E-state index in [0.717, 1.165) is 64.2 Å². The van der Waals surface area contributed by atoms with Crippen LogP contribution in [0.1, 0.15) is 303 Å². The first-order chi connectivity index (χ1) is 27.9. The number of allylic oxidation sites excluding steroid dienone is 2. The second kappa shape index (κ2) is 44.8. The summed E-state index contributed by atoms with van der Waals surface area (Å²) >= 11 is 0. The maximum atomic E-state index is 13.6. The van der Waals surface area contributed by atoms with E-state index in [0.29, 0.717) is 19.3 Å². The van der Waals surface area contributed by atoms with E-state index in [9.17, 15) is 20.1 Å². The third-order valence-corrected chi connectivity index (χ3v) is 12.8. The molecule has 0 aliphatic carbocycles. The topological polar surface area (TPSA) is 77.8 Å². The Morgan fingerprint density at radius 1 is 0.368 bits per heavy atom. The lowest BCUT2D eigenvalue weighted by atomic mass is 9.79. The third kappa shape index (κ3) is 35.7. The lowest BCUT2D eigenvalue weighted by Gasteiger charge is -2.36. The highest BCUT2D eigenvalue weighted by Gasteiger charge is 2.47. The number of unbranched alkanes of at least 4 members (excludes halogenated alkanes) is 37. The van der Waals surface area contributed by atoms with Crippen LogP contribution in [0.4, 0.5) is 0 Å². The van der Waals surface area contributed by atoms with E-state index >= 15 is 0 Å². The van der Waals surface area contributed by atoms with Crippen LogP contribution in [0, 0.1) is 0 Å². The highest BCUT2D eigenvalue weighted by molar-refractivity contribution is 5.88. The normalized spacial score (nSPS) is 14.1. The van der Waals surface area contributed by atoms with Gasteiger partial charge in [-0.25, -0.2) is 0 Å². The molecule has 0 aromatic rings. The largest absolute Gasteiger partial charge is 0.390 e. The molecule has 4 heteroatoms. The zero-order valence-electron chi connectivity index (χ0n) is 39.2. The fourth-order valence-corrected chi connectivity index (χ4v) is 8.65. The summed E-state index contributed by atoms with van der Waals surface area (Å²) in [6, 6.07) is 0. The van der Waals surface area contributed by atoms with Crippen molar-refractivity contribution in [1.29, 1.82) is 0 Å². The van der Waals surface area contributed by atoms with E-state index in [1.807, 2.05) is 0 Å². The molecule has 4 nitrogen and oxygen atoms in total. The van der Waals surface area contributed by atoms with Crippen LogP contribution < -0.4 is 0 Å². The molecule has 0 aliphatic heterocycles. The van der Waals surface area contributed by atoms with Gasteiger partial charge in [0.05, 0.1) is 12.2 Å². The molecule has 0 aliphatic rings. The number of aliphatic hydroxyl groups is 3. The van der Waals surface area contributed by atoms with E-state index < -0.39 is 17.8 Å². The molecule has 0 aromatic heterocycles. The number of rotatable bonds is 48. The Labute approximate surface area is 358 Å². The van der Waals surface area contributed by atoms with Gasteiger partial charge in [0, 0.05) is 6.42 Å². The van der Waals surface area contributed by atoms with Gasteiger partial charge in [-0.3, -0.25) is 4.79 Å². The summed E-state index contributed by atoms with van der Waals surface area (Å²) in [5.41, 5.74) is -2.05. The summed E-state index contributed by atoms with van der Waals surface area (Å²) in [5, 5.41) is 34.4. The fourth-order valence-electron chi connectivity index (χ4n) is 8.65. The van der Waals surface area contributed by atoms with E-state index in [1.165, 1.54) is 193 Å². The van der Waals surface area contributed by atoms with Crippen LogP contribution in [-0.4, -0.2) is 38.9 Å². The molecule has 0 radical (unpaired) electrons. The van der Waals surface area contributed by atoms with Crippen molar-refractivity contribution in [2.75, 3.05) is 0 Å². The van der Waals surface area contributed by atoms with Gasteiger partial charge in [-0.05, 0) is 44.9 Å². The van der Waals surface area contributed by atoms with Crippen LogP contribution in [0.3, 0.4) is 0 Å². The van der Waals surface area contributed by atoms with Crippen LogP contribution in [0.2, 0.25) is 0 Å². The molecule has 0 fully saturated rings. The average Bonchev–Trinajstić information content (AvgIpc) is 3.21. The van der Waals surface area contributed by atoms with Crippen molar-refractivity contribution in [3.63, 3.8) is 0 Å². The van der Waals surface area contributed by atoms with Crippen molar-refractivity contribution >= 4 is 5.78 Å². The Balaban J connectivity index is 4.52. The summed E-state index contributed by atoms with van der Waals surface area (Å²) in [4.78, 5) is 13.6. The van der Waals surface area contributed by atoms with Crippen LogP contribution >= 0.6 is 0 Å². The molecule has 2 unspecified atom stereocenters. The number of ketones is 1. The van der Waals surface area contributed by atoms with Gasteiger partial charge in [-0.1, -0.05) is 264 Å². The molecule has 0 heterocycles. The first-order valence-electron chi connectivity index (χ1n) is 26.2. The molecule has 0 saturated heterocycles. The predicted molar refractivity (Wildman–Crippen MR) is 251 cm³/mol. The highest BCUT2D eigenvalue weighted by Crippen LogP contribution is 2.28. The van der Waals surface area contributed by atoms with Gasteiger partial charge >= 0.3 is 0 Å². The third-order valence-electron chi connectivity index (χ3n) is 12.8. The van der Waals surface area contributed by atoms with Crippen molar-refractivity contribution in [2.24, 2.45) is 0 Å². The second-order valence-corrected chi connectivity index (χ2v) is 18.4. The molecular weight excluding hydrogens is 701 g/mol. The molecule has 0 bridgehead atoms. The van der Waals surface area contributed by atoms with Crippen molar-refractivity contribution in [1.82, 2.24) is 0 Å². The Kier molecular flexibility index (Phi) is 44.3. The predicted octanol–water partition coefficient (Wildman–Crippen LogP) is 16.8. The van der Waals surface area contributed by atoms with Crippen molar-refractivity contribution in [3.05, 3.63) is 12.2 Å². The summed E-state index contributed by atoms with van der Waals surface area (Å²) in [7, 11) is 0. The summed E-state index contributed by atoms with van der Waals surface area (Å²) < 4.78 is 0. The Morgan fingerprint density at radius 2 is 0.596 bits per heavy atom. The number of hydrogen-bond acceptors (Lipinski definition) is 4. The molecule has 57 heavy (non-hydrogen) atoms. The number of carbonyl (C=O) groups is 1. The van der Waals surface area contributed by atoms with Gasteiger partial charge in [0.1, 0.15) is 0 Å². The molecule has 3 N–H and O–H groups in total. The van der Waals surface area contributed by atoms with E-state index in [1.54, 1.807) is 0 Å². The zero-order chi connectivity index (χ0) is 41.8. The van der Waals surface area contributed by atoms with Crippen LogP contribution in [0.15, 0.2) is 12.2 Å². The van der Waals surface area contributed by atoms with Crippen molar-refractivity contribution < 1.29 is 20.1 Å². The van der Waals surface area contributed by atoms with Crippen LogP contribution in [-0.2, 0) is 4.79 Å². The standard InChI is InChI=1S/C53H104O4/c1-4-7-10-13-16-19-22-25-28-31-34-37-40-43-46-49-52(56)53(57,50(54)47-44-41-38-35-32-29-26-23-20-17-14-11-8-5-2)51(55)48-45-42-39-36-33-30-27-24-21-18-15-12-9-6-3/h25,28,50-51,54-55,57H,4-24,26-27,29-49H2,1-3H3/b28-25-. The number of Topliss-reactive ketones (excluding diaryl/α,β-unsaturated/α-hetero) is 1. The molecule has 0 amide bonds. The second-order valence-electron chi connectivity index (χ2n) is 18.4. The minimum atomic E-state index is -2.05. The zero-order valence-corrected chi connectivity index (χ0v) is 39.2. The fraction of sp³-hybridized carbons (Fsp3) is 0.943. The lowest BCUT2D eigenvalue weighted by Crippen LogP contribution is -2.58. The quantitative estimate of drug-likeness (QED) is 0.0423. The first-order valence-corrected chi connectivity index (χ1v) is 26.2. The Morgan fingerprint density at radius 3 is 0.877 bits per heavy atom. The molecule has 0 rings (SSSR count). The molecular formula is C53H104O4. The van der Waals surface area contributed by atoms with Crippen molar-refractivity contribution in [3.8, 4) is 0 Å². The van der Waals surface area contributed by atoms with Gasteiger partial charge in [0.15, 0.2) is 11.4 Å². The number of hydrogen-bond donors (Lipinski definition) is 3. The monoisotopic (exact) mass is 805 g/mol. The highest BCUT2D eigenvalue weighted by atomic mass is 16.4.